The highest BCUT2D eigenvalue weighted by Gasteiger charge is 2.30. The fraction of sp³-hybridized carbons (Fsp3) is 0.400. The van der Waals surface area contributed by atoms with Crippen molar-refractivity contribution >= 4 is 35.0 Å². The van der Waals surface area contributed by atoms with Gasteiger partial charge in [-0.2, -0.15) is 0 Å². The molecule has 2 aromatic rings. The van der Waals surface area contributed by atoms with Crippen molar-refractivity contribution in [1.82, 2.24) is 20.2 Å². The Balaban J connectivity index is 1.77. The largest absolute Gasteiger partial charge is 0.351 e. The predicted octanol–water partition coefficient (Wildman–Crippen LogP) is 3.97. The van der Waals surface area contributed by atoms with Crippen molar-refractivity contribution in [3.8, 4) is 11.3 Å². The van der Waals surface area contributed by atoms with Crippen LogP contribution in [0.4, 0.5) is 0 Å². The normalized spacial score (nSPS) is 19.8. The summed E-state index contributed by atoms with van der Waals surface area (Å²) in [6, 6.07) is 6.88. The van der Waals surface area contributed by atoms with Gasteiger partial charge in [0.1, 0.15) is 12.0 Å². The van der Waals surface area contributed by atoms with E-state index in [9.17, 15) is 9.59 Å². The first-order chi connectivity index (χ1) is 13.3. The Bertz CT molecular complexity index is 906. The molecule has 1 saturated heterocycles. The van der Waals surface area contributed by atoms with Crippen molar-refractivity contribution in [2.75, 3.05) is 13.1 Å². The Hall–Kier alpha value is -2.18. The number of benzene rings is 1. The SMILES string of the molecule is CC(=O)NC1(C)CCCN(C(=O)c2cc(-c3ccc(Cl)c(Cl)c3)ncn2)CC1. The van der Waals surface area contributed by atoms with Crippen molar-refractivity contribution < 1.29 is 9.59 Å². The minimum atomic E-state index is -0.294. The summed E-state index contributed by atoms with van der Waals surface area (Å²) in [5.41, 5.74) is 1.41. The van der Waals surface area contributed by atoms with Crippen LogP contribution in [0.15, 0.2) is 30.6 Å². The molecule has 1 aliphatic rings. The van der Waals surface area contributed by atoms with Gasteiger partial charge < -0.3 is 10.2 Å². The molecular weight excluding hydrogens is 399 g/mol. The van der Waals surface area contributed by atoms with Gasteiger partial charge >= 0.3 is 0 Å². The fourth-order valence-corrected chi connectivity index (χ4v) is 3.78. The highest BCUT2D eigenvalue weighted by atomic mass is 35.5. The molecule has 0 saturated carbocycles. The van der Waals surface area contributed by atoms with Crippen LogP contribution < -0.4 is 5.32 Å². The van der Waals surface area contributed by atoms with Crippen LogP contribution in [0.2, 0.25) is 10.0 Å². The van der Waals surface area contributed by atoms with Crippen LogP contribution >= 0.6 is 23.2 Å². The smallest absolute Gasteiger partial charge is 0.272 e. The number of nitrogens with zero attached hydrogens (tertiary/aromatic N) is 3. The zero-order valence-electron chi connectivity index (χ0n) is 15.8. The van der Waals surface area contributed by atoms with Crippen molar-refractivity contribution in [2.24, 2.45) is 0 Å². The average Bonchev–Trinajstić information content (AvgIpc) is 2.84. The second-order valence-corrected chi connectivity index (χ2v) is 8.12. The molecule has 28 heavy (non-hydrogen) atoms. The first-order valence-electron chi connectivity index (χ1n) is 9.13. The monoisotopic (exact) mass is 420 g/mol. The molecule has 1 unspecified atom stereocenters. The van der Waals surface area contributed by atoms with E-state index < -0.39 is 0 Å². The van der Waals surface area contributed by atoms with Gasteiger partial charge in [-0.3, -0.25) is 9.59 Å². The van der Waals surface area contributed by atoms with Gasteiger partial charge in [0, 0.05) is 31.1 Å². The number of halogens is 2. The number of amides is 2. The third-order valence-corrected chi connectivity index (χ3v) is 5.70. The molecule has 0 radical (unpaired) electrons. The number of likely N-dealkylation sites (tertiary alicyclic amines) is 1. The van der Waals surface area contributed by atoms with Crippen LogP contribution in [0.25, 0.3) is 11.3 Å². The topological polar surface area (TPSA) is 75.2 Å². The third kappa shape index (κ3) is 4.80. The number of hydrogen-bond donors (Lipinski definition) is 1. The van der Waals surface area contributed by atoms with Crippen molar-refractivity contribution in [1.29, 1.82) is 0 Å². The standard InChI is InChI=1S/C20H22Cl2N4O2/c1-13(27)25-20(2)6-3-8-26(9-7-20)19(28)18-11-17(23-12-24-18)14-4-5-15(21)16(22)10-14/h4-5,10-12H,3,6-9H2,1-2H3,(H,25,27). The van der Waals surface area contributed by atoms with E-state index in [0.717, 1.165) is 18.4 Å². The number of carbonyl (C=O) groups excluding carboxylic acids is 2. The number of rotatable bonds is 3. The van der Waals surface area contributed by atoms with Gasteiger partial charge in [-0.05, 0) is 44.4 Å². The highest BCUT2D eigenvalue weighted by molar-refractivity contribution is 6.42. The number of nitrogens with one attached hydrogen (secondary N) is 1. The summed E-state index contributed by atoms with van der Waals surface area (Å²) in [7, 11) is 0. The second kappa shape index (κ2) is 8.45. The fourth-order valence-electron chi connectivity index (χ4n) is 3.48. The van der Waals surface area contributed by atoms with Crippen molar-refractivity contribution in [3.05, 3.63) is 46.3 Å². The first-order valence-corrected chi connectivity index (χ1v) is 9.88. The predicted molar refractivity (Wildman–Crippen MR) is 109 cm³/mol. The van der Waals surface area contributed by atoms with E-state index in [1.807, 2.05) is 6.92 Å². The summed E-state index contributed by atoms with van der Waals surface area (Å²) < 4.78 is 0. The average molecular weight is 421 g/mol. The second-order valence-electron chi connectivity index (χ2n) is 7.30. The Morgan fingerprint density at radius 1 is 1.11 bits per heavy atom. The zero-order chi connectivity index (χ0) is 20.3. The number of carbonyl (C=O) groups is 2. The van der Waals surface area contributed by atoms with Gasteiger partial charge in [0.05, 0.1) is 15.7 Å². The summed E-state index contributed by atoms with van der Waals surface area (Å²) in [6.45, 7) is 4.72. The lowest BCUT2D eigenvalue weighted by atomic mass is 9.93. The molecule has 1 N–H and O–H groups in total. The van der Waals surface area contributed by atoms with E-state index in [2.05, 4.69) is 15.3 Å². The summed E-state index contributed by atoms with van der Waals surface area (Å²) in [6.07, 6.45) is 3.72. The lowest BCUT2D eigenvalue weighted by Gasteiger charge is -2.29. The summed E-state index contributed by atoms with van der Waals surface area (Å²) >= 11 is 12.1. The molecule has 1 aromatic heterocycles. The maximum atomic E-state index is 13.0. The van der Waals surface area contributed by atoms with E-state index >= 15 is 0 Å². The Morgan fingerprint density at radius 2 is 1.89 bits per heavy atom. The lowest BCUT2D eigenvalue weighted by molar-refractivity contribution is -0.120. The lowest BCUT2D eigenvalue weighted by Crippen LogP contribution is -2.45. The van der Waals surface area contributed by atoms with Gasteiger partial charge in [0.25, 0.3) is 5.91 Å². The quantitative estimate of drug-likeness (QED) is 0.814. The Morgan fingerprint density at radius 3 is 2.61 bits per heavy atom. The molecule has 1 fully saturated rings. The molecule has 1 aliphatic heterocycles. The Labute approximate surface area is 174 Å². The molecule has 0 bridgehead atoms. The molecule has 0 spiro atoms. The molecule has 2 heterocycles. The van der Waals surface area contributed by atoms with Crippen molar-refractivity contribution in [3.63, 3.8) is 0 Å². The van der Waals surface area contributed by atoms with Crippen LogP contribution in [-0.4, -0.2) is 45.3 Å². The molecule has 6 nitrogen and oxygen atoms in total. The van der Waals surface area contributed by atoms with Crippen LogP contribution in [-0.2, 0) is 4.79 Å². The molecule has 1 atom stereocenters. The maximum absolute atomic E-state index is 13.0. The Kier molecular flexibility index (Phi) is 6.20. The summed E-state index contributed by atoms with van der Waals surface area (Å²) in [5, 5.41) is 3.90. The van der Waals surface area contributed by atoms with Crippen LogP contribution in [0.5, 0.6) is 0 Å². The summed E-state index contributed by atoms with van der Waals surface area (Å²) in [5.74, 6) is -0.194. The minimum Gasteiger partial charge on any atom is -0.351 e. The molecule has 3 rings (SSSR count). The van der Waals surface area contributed by atoms with Gasteiger partial charge in [0.15, 0.2) is 0 Å². The number of hydrogen-bond acceptors (Lipinski definition) is 4. The van der Waals surface area contributed by atoms with Gasteiger partial charge in [-0.25, -0.2) is 9.97 Å². The van der Waals surface area contributed by atoms with E-state index in [4.69, 9.17) is 23.2 Å². The van der Waals surface area contributed by atoms with Crippen LogP contribution in [0, 0.1) is 0 Å². The molecule has 1 aromatic carbocycles. The van der Waals surface area contributed by atoms with Gasteiger partial charge in [0.2, 0.25) is 5.91 Å². The molecule has 2 amide bonds. The van der Waals surface area contributed by atoms with Crippen LogP contribution in [0.1, 0.15) is 43.6 Å². The summed E-state index contributed by atoms with van der Waals surface area (Å²) in [4.78, 5) is 34.6. The molecule has 148 valence electrons. The van der Waals surface area contributed by atoms with E-state index in [1.165, 1.54) is 13.3 Å². The molecule has 8 heteroatoms. The van der Waals surface area contributed by atoms with Gasteiger partial charge in [-0.1, -0.05) is 29.3 Å². The maximum Gasteiger partial charge on any atom is 0.272 e. The number of aromatic nitrogens is 2. The van der Waals surface area contributed by atoms with E-state index in [0.29, 0.717) is 40.9 Å². The molecule has 0 aliphatic carbocycles. The highest BCUT2D eigenvalue weighted by Crippen LogP contribution is 2.28. The van der Waals surface area contributed by atoms with E-state index in [-0.39, 0.29) is 17.4 Å². The molecular formula is C20H22Cl2N4O2. The van der Waals surface area contributed by atoms with Crippen molar-refractivity contribution in [2.45, 2.75) is 38.6 Å². The first kappa shape index (κ1) is 20.6. The minimum absolute atomic E-state index is 0.0515. The van der Waals surface area contributed by atoms with Gasteiger partial charge in [-0.15, -0.1) is 0 Å². The zero-order valence-corrected chi connectivity index (χ0v) is 17.3. The third-order valence-electron chi connectivity index (χ3n) is 4.96. The van der Waals surface area contributed by atoms with E-state index in [1.54, 1.807) is 29.2 Å². The van der Waals surface area contributed by atoms with Crippen LogP contribution in [0.3, 0.4) is 0 Å².